The van der Waals surface area contributed by atoms with Gasteiger partial charge in [-0.2, -0.15) is 9.97 Å². The maximum atomic E-state index is 12.3. The number of aldehydes is 1. The van der Waals surface area contributed by atoms with Crippen molar-refractivity contribution in [2.24, 2.45) is 5.92 Å². The zero-order valence-corrected chi connectivity index (χ0v) is 21.0. The van der Waals surface area contributed by atoms with Crippen molar-refractivity contribution >= 4 is 18.1 Å². The summed E-state index contributed by atoms with van der Waals surface area (Å²) in [5.74, 6) is 2.78. The van der Waals surface area contributed by atoms with Gasteiger partial charge < -0.3 is 24.8 Å². The number of carbonyl (C=O) groups excluding carboxylic acids is 1. The largest absolute Gasteiger partial charge is 0.497 e. The van der Waals surface area contributed by atoms with Crippen LogP contribution in [0.2, 0.25) is 0 Å². The van der Waals surface area contributed by atoms with E-state index >= 15 is 0 Å². The molecule has 0 amide bonds. The maximum absolute atomic E-state index is 12.3. The molecule has 0 radical (unpaired) electrons. The van der Waals surface area contributed by atoms with Gasteiger partial charge in [-0.05, 0) is 54.2 Å². The molecule has 2 N–H and O–H groups in total. The number of nitrogens with zero attached hydrogens (tertiary/aromatic N) is 3. The second-order valence-corrected chi connectivity index (χ2v) is 9.11. The number of carbonyl (C=O) groups is 1. The minimum atomic E-state index is 0.0729. The Morgan fingerprint density at radius 3 is 1.94 bits per heavy atom. The number of rotatable bonds is 11. The number of nitrogens with two attached hydrogens (primary N) is 1. The molecule has 0 saturated heterocycles. The Balaban J connectivity index is 1.65. The van der Waals surface area contributed by atoms with Gasteiger partial charge in [-0.3, -0.25) is 4.79 Å². The maximum Gasteiger partial charge on any atom is 0.231 e. The third-order valence-electron chi connectivity index (χ3n) is 6.57. The third-order valence-corrected chi connectivity index (χ3v) is 6.57. The first-order chi connectivity index (χ1) is 17.6. The Kier molecular flexibility index (Phi) is 8.60. The van der Waals surface area contributed by atoms with E-state index in [1.807, 2.05) is 53.4 Å². The second-order valence-electron chi connectivity index (χ2n) is 9.11. The summed E-state index contributed by atoms with van der Waals surface area (Å²) in [6, 6.07) is 15.6. The summed E-state index contributed by atoms with van der Waals surface area (Å²) in [5, 5.41) is 0. The standard InChI is InChI=1S/C28H34N4O4/c1-34-23-12-8-20(9-13-23)16-32(17-21-10-14-24(35-2)15-11-21)26-25(18-33)27(31-28(29)30-26)36-19-22-6-4-3-5-7-22/h8-15,18,22H,3-7,16-17,19H2,1-2H3,(H2,29,30,31). The molecule has 190 valence electrons. The molecule has 1 aromatic heterocycles. The number of hydrogen-bond acceptors (Lipinski definition) is 8. The molecular weight excluding hydrogens is 456 g/mol. The first-order valence-corrected chi connectivity index (χ1v) is 12.4. The van der Waals surface area contributed by atoms with E-state index in [4.69, 9.17) is 19.9 Å². The first kappa shape index (κ1) is 25.3. The zero-order chi connectivity index (χ0) is 25.3. The summed E-state index contributed by atoms with van der Waals surface area (Å²) < 4.78 is 16.7. The molecule has 2 aromatic carbocycles. The van der Waals surface area contributed by atoms with E-state index in [1.165, 1.54) is 19.3 Å². The van der Waals surface area contributed by atoms with Crippen molar-refractivity contribution in [1.29, 1.82) is 0 Å². The molecule has 1 aliphatic rings. The van der Waals surface area contributed by atoms with Crippen LogP contribution in [0.25, 0.3) is 0 Å². The van der Waals surface area contributed by atoms with E-state index in [2.05, 4.69) is 9.97 Å². The van der Waals surface area contributed by atoms with E-state index in [-0.39, 0.29) is 11.8 Å². The van der Waals surface area contributed by atoms with Crippen LogP contribution in [0.4, 0.5) is 11.8 Å². The van der Waals surface area contributed by atoms with Crippen molar-refractivity contribution in [2.75, 3.05) is 31.5 Å². The van der Waals surface area contributed by atoms with Crippen LogP contribution in [0.3, 0.4) is 0 Å². The summed E-state index contributed by atoms with van der Waals surface area (Å²) in [7, 11) is 3.28. The van der Waals surface area contributed by atoms with Crippen molar-refractivity contribution in [2.45, 2.75) is 45.2 Å². The molecule has 3 aromatic rings. The van der Waals surface area contributed by atoms with Crippen molar-refractivity contribution in [3.05, 3.63) is 65.2 Å². The molecule has 8 heteroatoms. The molecular formula is C28H34N4O4. The number of methoxy groups -OCH3 is 2. The van der Waals surface area contributed by atoms with Gasteiger partial charge in [0.05, 0.1) is 20.8 Å². The Hall–Kier alpha value is -3.81. The lowest BCUT2D eigenvalue weighted by Crippen LogP contribution is -2.26. The Morgan fingerprint density at radius 1 is 0.889 bits per heavy atom. The first-order valence-electron chi connectivity index (χ1n) is 12.4. The number of anilines is 2. The summed E-state index contributed by atoms with van der Waals surface area (Å²) in [4.78, 5) is 23.1. The molecule has 0 unspecified atom stereocenters. The smallest absolute Gasteiger partial charge is 0.231 e. The fourth-order valence-electron chi connectivity index (χ4n) is 4.57. The lowest BCUT2D eigenvalue weighted by Gasteiger charge is -2.27. The molecule has 0 aliphatic heterocycles. The van der Waals surface area contributed by atoms with Crippen LogP contribution in [0, 0.1) is 5.92 Å². The summed E-state index contributed by atoms with van der Waals surface area (Å²) in [5.41, 5.74) is 8.48. The van der Waals surface area contributed by atoms with Gasteiger partial charge in [0.15, 0.2) is 6.29 Å². The number of benzene rings is 2. The van der Waals surface area contributed by atoms with Crippen LogP contribution in [0.5, 0.6) is 17.4 Å². The van der Waals surface area contributed by atoms with Crippen molar-refractivity contribution < 1.29 is 19.0 Å². The van der Waals surface area contributed by atoms with Crippen molar-refractivity contribution in [1.82, 2.24) is 9.97 Å². The molecule has 1 saturated carbocycles. The molecule has 4 rings (SSSR count). The summed E-state index contributed by atoms with van der Waals surface area (Å²) in [6.45, 7) is 1.51. The average Bonchev–Trinajstić information content (AvgIpc) is 2.92. The fourth-order valence-corrected chi connectivity index (χ4v) is 4.57. The topological polar surface area (TPSA) is 99.8 Å². The molecule has 1 aliphatic carbocycles. The van der Waals surface area contributed by atoms with Crippen molar-refractivity contribution in [3.8, 4) is 17.4 Å². The molecule has 0 atom stereocenters. The Labute approximate surface area is 212 Å². The molecule has 0 spiro atoms. The van der Waals surface area contributed by atoms with Crippen molar-refractivity contribution in [3.63, 3.8) is 0 Å². The van der Waals surface area contributed by atoms with Gasteiger partial charge in [0, 0.05) is 13.1 Å². The quantitative estimate of drug-likeness (QED) is 0.373. The molecule has 8 nitrogen and oxygen atoms in total. The SMILES string of the molecule is COc1ccc(CN(Cc2ccc(OC)cc2)c2nc(N)nc(OCC3CCCCC3)c2C=O)cc1. The summed E-state index contributed by atoms with van der Waals surface area (Å²) in [6.07, 6.45) is 6.72. The average molecular weight is 491 g/mol. The highest BCUT2D eigenvalue weighted by Gasteiger charge is 2.22. The van der Waals surface area contributed by atoms with E-state index in [9.17, 15) is 4.79 Å². The van der Waals surface area contributed by atoms with Gasteiger partial charge >= 0.3 is 0 Å². The second kappa shape index (κ2) is 12.2. The molecule has 36 heavy (non-hydrogen) atoms. The Morgan fingerprint density at radius 2 is 1.44 bits per heavy atom. The van der Waals surface area contributed by atoms with Gasteiger partial charge in [-0.15, -0.1) is 0 Å². The van der Waals surface area contributed by atoms with Crippen LogP contribution in [0.1, 0.15) is 53.6 Å². The van der Waals surface area contributed by atoms with Gasteiger partial charge in [-0.1, -0.05) is 43.5 Å². The minimum Gasteiger partial charge on any atom is -0.497 e. The van der Waals surface area contributed by atoms with E-state index in [1.54, 1.807) is 14.2 Å². The van der Waals surface area contributed by atoms with Gasteiger partial charge in [0.1, 0.15) is 22.9 Å². The minimum absolute atomic E-state index is 0.0729. The van der Waals surface area contributed by atoms with E-state index in [0.717, 1.165) is 41.8 Å². The van der Waals surface area contributed by atoms with E-state index in [0.29, 0.717) is 37.0 Å². The van der Waals surface area contributed by atoms with E-state index < -0.39 is 0 Å². The Bertz CT molecular complexity index is 1080. The monoisotopic (exact) mass is 490 g/mol. The third kappa shape index (κ3) is 6.44. The lowest BCUT2D eigenvalue weighted by atomic mass is 9.90. The van der Waals surface area contributed by atoms with Crippen LogP contribution >= 0.6 is 0 Å². The highest BCUT2D eigenvalue weighted by Crippen LogP contribution is 2.31. The number of hydrogen-bond donors (Lipinski definition) is 1. The number of nitrogen functional groups attached to an aromatic ring is 1. The van der Waals surface area contributed by atoms with Crippen LogP contribution in [-0.2, 0) is 13.1 Å². The number of aromatic nitrogens is 2. The predicted octanol–water partition coefficient (Wildman–Crippen LogP) is 5.05. The highest BCUT2D eigenvalue weighted by atomic mass is 16.5. The van der Waals surface area contributed by atoms with Gasteiger partial charge in [0.2, 0.25) is 11.8 Å². The summed E-state index contributed by atoms with van der Waals surface area (Å²) >= 11 is 0. The van der Waals surface area contributed by atoms with Crippen LogP contribution in [-0.4, -0.2) is 37.1 Å². The predicted molar refractivity (Wildman–Crippen MR) is 140 cm³/mol. The van der Waals surface area contributed by atoms with Crippen LogP contribution in [0.15, 0.2) is 48.5 Å². The fraction of sp³-hybridized carbons (Fsp3) is 0.393. The van der Waals surface area contributed by atoms with Gasteiger partial charge in [-0.25, -0.2) is 0 Å². The zero-order valence-electron chi connectivity index (χ0n) is 21.0. The van der Waals surface area contributed by atoms with Gasteiger partial charge in [0.25, 0.3) is 0 Å². The molecule has 1 heterocycles. The highest BCUT2D eigenvalue weighted by molar-refractivity contribution is 5.86. The normalized spacial score (nSPS) is 13.7. The molecule has 0 bridgehead atoms. The molecule has 1 fully saturated rings. The lowest BCUT2D eigenvalue weighted by molar-refractivity contribution is 0.111. The number of ether oxygens (including phenoxy) is 3. The van der Waals surface area contributed by atoms with Crippen LogP contribution < -0.4 is 24.8 Å².